The number of amides is 1. The third-order valence-corrected chi connectivity index (χ3v) is 3.14. The first kappa shape index (κ1) is 15.7. The van der Waals surface area contributed by atoms with Crippen LogP contribution in [0.2, 0.25) is 5.02 Å². The summed E-state index contributed by atoms with van der Waals surface area (Å²) in [4.78, 5) is 10.8. The maximum atomic E-state index is 12.9. The molecule has 0 saturated heterocycles. The van der Waals surface area contributed by atoms with E-state index in [4.69, 9.17) is 16.3 Å². The third-order valence-electron chi connectivity index (χ3n) is 1.84. The highest BCUT2D eigenvalue weighted by Gasteiger charge is 2.19. The molecule has 0 aromatic heterocycles. The maximum absolute atomic E-state index is 12.9. The molecule has 0 radical (unpaired) electrons. The van der Waals surface area contributed by atoms with Crippen molar-refractivity contribution in [2.45, 2.75) is 31.3 Å². The highest BCUT2D eigenvalue weighted by molar-refractivity contribution is 7.86. The Morgan fingerprint density at radius 1 is 1.37 bits per heavy atom. The van der Waals surface area contributed by atoms with E-state index in [1.165, 1.54) is 12.1 Å². The van der Waals surface area contributed by atoms with Crippen LogP contribution in [-0.2, 0) is 15.0 Å². The van der Waals surface area contributed by atoms with Crippen molar-refractivity contribution in [2.75, 3.05) is 5.32 Å². The predicted octanol–water partition coefficient (Wildman–Crippen LogP) is 3.35. The number of ether oxygens (including phenoxy) is 1. The topological polar surface area (TPSA) is 72.5 Å². The molecule has 1 aromatic rings. The zero-order chi connectivity index (χ0) is 14.8. The van der Waals surface area contributed by atoms with Crippen LogP contribution in [-0.4, -0.2) is 20.1 Å². The molecular formula is C11H13ClFNO4S. The van der Waals surface area contributed by atoms with Gasteiger partial charge in [-0.25, -0.2) is 4.79 Å². The number of halogens is 2. The highest BCUT2D eigenvalue weighted by atomic mass is 35.5. The SMILES string of the molecule is CC(C)(C)OC(=O)Nc1ccc(Cl)c(S(=O)(=O)F)c1. The summed E-state index contributed by atoms with van der Waals surface area (Å²) in [5, 5.41) is 2.02. The Labute approximate surface area is 115 Å². The number of carbonyl (C=O) groups is 1. The average Bonchev–Trinajstić information content (AvgIpc) is 2.16. The molecule has 0 spiro atoms. The second-order valence-electron chi connectivity index (χ2n) is 4.71. The maximum Gasteiger partial charge on any atom is 0.412 e. The van der Waals surface area contributed by atoms with Crippen LogP contribution in [0.3, 0.4) is 0 Å². The predicted molar refractivity (Wildman–Crippen MR) is 69.6 cm³/mol. The van der Waals surface area contributed by atoms with Gasteiger partial charge in [0.25, 0.3) is 0 Å². The molecule has 1 amide bonds. The minimum Gasteiger partial charge on any atom is -0.444 e. The summed E-state index contributed by atoms with van der Waals surface area (Å²) in [5.74, 6) is 0. The summed E-state index contributed by atoms with van der Waals surface area (Å²) in [5.41, 5.74) is -0.638. The summed E-state index contributed by atoms with van der Waals surface area (Å²) >= 11 is 5.56. The van der Waals surface area contributed by atoms with Crippen molar-refractivity contribution in [3.8, 4) is 0 Å². The van der Waals surface area contributed by atoms with E-state index >= 15 is 0 Å². The molecule has 0 atom stereocenters. The minimum absolute atomic E-state index is 0.0647. The number of anilines is 1. The van der Waals surface area contributed by atoms with Gasteiger partial charge in [-0.3, -0.25) is 5.32 Å². The van der Waals surface area contributed by atoms with Gasteiger partial charge in [-0.2, -0.15) is 8.42 Å². The van der Waals surface area contributed by atoms with Crippen molar-refractivity contribution in [3.05, 3.63) is 23.2 Å². The molecule has 1 aromatic carbocycles. The quantitative estimate of drug-likeness (QED) is 0.850. The summed E-state index contributed by atoms with van der Waals surface area (Å²) in [7, 11) is -4.95. The number of nitrogens with one attached hydrogen (secondary N) is 1. The summed E-state index contributed by atoms with van der Waals surface area (Å²) in [6.45, 7) is 5.02. The van der Waals surface area contributed by atoms with E-state index in [0.717, 1.165) is 6.07 Å². The number of hydrogen-bond acceptors (Lipinski definition) is 4. The van der Waals surface area contributed by atoms with Crippen LogP contribution in [0.1, 0.15) is 20.8 Å². The van der Waals surface area contributed by atoms with Crippen molar-refractivity contribution in [1.29, 1.82) is 0 Å². The third kappa shape index (κ3) is 5.04. The molecular weight excluding hydrogens is 297 g/mol. The Balaban J connectivity index is 2.96. The zero-order valence-electron chi connectivity index (χ0n) is 10.5. The molecule has 1 N–H and O–H groups in total. The van der Waals surface area contributed by atoms with Crippen molar-refractivity contribution >= 4 is 33.6 Å². The first-order valence-electron chi connectivity index (χ1n) is 5.23. The van der Waals surface area contributed by atoms with E-state index in [1.54, 1.807) is 20.8 Å². The van der Waals surface area contributed by atoms with E-state index < -0.39 is 26.8 Å². The van der Waals surface area contributed by atoms with Gasteiger partial charge in [0.2, 0.25) is 0 Å². The molecule has 0 saturated carbocycles. The molecule has 8 heteroatoms. The number of benzene rings is 1. The first-order valence-corrected chi connectivity index (χ1v) is 6.99. The largest absolute Gasteiger partial charge is 0.444 e. The van der Waals surface area contributed by atoms with Gasteiger partial charge in [0.05, 0.1) is 5.02 Å². The van der Waals surface area contributed by atoms with Gasteiger partial charge in [-0.15, -0.1) is 3.89 Å². The Kier molecular flexibility index (Phi) is 4.42. The molecule has 0 heterocycles. The van der Waals surface area contributed by atoms with Gasteiger partial charge in [-0.05, 0) is 39.0 Å². The lowest BCUT2D eigenvalue weighted by Crippen LogP contribution is -2.27. The second-order valence-corrected chi connectivity index (χ2v) is 6.43. The van der Waals surface area contributed by atoms with Crippen LogP contribution < -0.4 is 5.32 Å². The van der Waals surface area contributed by atoms with Crippen LogP contribution in [0.25, 0.3) is 0 Å². The molecule has 0 bridgehead atoms. The lowest BCUT2D eigenvalue weighted by Gasteiger charge is -2.19. The minimum atomic E-state index is -4.95. The monoisotopic (exact) mass is 309 g/mol. The van der Waals surface area contributed by atoms with Crippen molar-refractivity contribution in [1.82, 2.24) is 0 Å². The van der Waals surface area contributed by atoms with Gasteiger partial charge in [0.15, 0.2) is 0 Å². The van der Waals surface area contributed by atoms with Crippen molar-refractivity contribution in [2.24, 2.45) is 0 Å². The molecule has 19 heavy (non-hydrogen) atoms. The van der Waals surface area contributed by atoms with Gasteiger partial charge < -0.3 is 4.74 Å². The van der Waals surface area contributed by atoms with Crippen molar-refractivity contribution in [3.63, 3.8) is 0 Å². The van der Waals surface area contributed by atoms with E-state index in [0.29, 0.717) is 0 Å². The van der Waals surface area contributed by atoms with Gasteiger partial charge in [0, 0.05) is 5.69 Å². The smallest absolute Gasteiger partial charge is 0.412 e. The second kappa shape index (κ2) is 5.34. The van der Waals surface area contributed by atoms with Crippen LogP contribution >= 0.6 is 11.6 Å². The lowest BCUT2D eigenvalue weighted by molar-refractivity contribution is 0.0636. The molecule has 0 aliphatic heterocycles. The standard InChI is InChI=1S/C11H13ClFNO4S/c1-11(2,3)18-10(15)14-7-4-5-8(12)9(6-7)19(13,16)17/h4-6H,1-3H3,(H,14,15). The Morgan fingerprint density at radius 2 is 1.95 bits per heavy atom. The first-order chi connectivity index (χ1) is 8.49. The average molecular weight is 310 g/mol. The van der Waals surface area contributed by atoms with E-state index in [2.05, 4.69) is 5.32 Å². The molecule has 0 aliphatic rings. The zero-order valence-corrected chi connectivity index (χ0v) is 12.1. The summed E-state index contributed by atoms with van der Waals surface area (Å²) in [6.07, 6.45) is -0.781. The number of carbonyl (C=O) groups excluding carboxylic acids is 1. The Hall–Kier alpha value is -1.34. The van der Waals surface area contributed by atoms with Crippen LogP contribution in [0.15, 0.2) is 23.1 Å². The van der Waals surface area contributed by atoms with Crippen molar-refractivity contribution < 1.29 is 21.8 Å². The van der Waals surface area contributed by atoms with Gasteiger partial charge in [-0.1, -0.05) is 11.6 Å². The van der Waals surface area contributed by atoms with E-state index in [9.17, 15) is 17.1 Å². The molecule has 1 rings (SSSR count). The van der Waals surface area contributed by atoms with Gasteiger partial charge in [0.1, 0.15) is 10.5 Å². The van der Waals surface area contributed by atoms with E-state index in [-0.39, 0.29) is 10.7 Å². The summed E-state index contributed by atoms with van der Waals surface area (Å²) in [6, 6.07) is 3.42. The molecule has 0 aliphatic carbocycles. The Bertz CT molecular complexity index is 595. The lowest BCUT2D eigenvalue weighted by atomic mass is 10.2. The van der Waals surface area contributed by atoms with Crippen LogP contribution in [0.5, 0.6) is 0 Å². The number of rotatable bonds is 2. The number of hydrogen-bond donors (Lipinski definition) is 1. The molecule has 106 valence electrons. The van der Waals surface area contributed by atoms with E-state index in [1.807, 2.05) is 0 Å². The Morgan fingerprint density at radius 3 is 2.42 bits per heavy atom. The van der Waals surface area contributed by atoms with Gasteiger partial charge >= 0.3 is 16.3 Å². The van der Waals surface area contributed by atoms with Crippen LogP contribution in [0.4, 0.5) is 14.4 Å². The molecule has 0 fully saturated rings. The fourth-order valence-corrected chi connectivity index (χ4v) is 2.15. The fraction of sp³-hybridized carbons (Fsp3) is 0.364. The summed E-state index contributed by atoms with van der Waals surface area (Å²) < 4.78 is 39.5. The van der Waals surface area contributed by atoms with Crippen LogP contribution in [0, 0.1) is 0 Å². The fourth-order valence-electron chi connectivity index (χ4n) is 1.19. The molecule has 0 unspecified atom stereocenters. The normalized spacial score (nSPS) is 12.1. The molecule has 5 nitrogen and oxygen atoms in total. The highest BCUT2D eigenvalue weighted by Crippen LogP contribution is 2.26.